The first-order chi connectivity index (χ1) is 10.2. The first-order valence-electron chi connectivity index (χ1n) is 6.88. The lowest BCUT2D eigenvalue weighted by molar-refractivity contribution is 0.322. The zero-order valence-electron chi connectivity index (χ0n) is 11.6. The summed E-state index contributed by atoms with van der Waals surface area (Å²) in [6.07, 6.45) is 0.747. The molecule has 3 heteroatoms. The monoisotopic (exact) mass is 281 g/mol. The van der Waals surface area contributed by atoms with Gasteiger partial charge in [0.25, 0.3) is 0 Å². The van der Waals surface area contributed by atoms with Crippen molar-refractivity contribution in [2.24, 2.45) is 0 Å². The van der Waals surface area contributed by atoms with Crippen LogP contribution in [-0.2, 0) is 6.42 Å². The number of ether oxygens (including phenoxy) is 1. The van der Waals surface area contributed by atoms with Gasteiger partial charge in [-0.3, -0.25) is 0 Å². The van der Waals surface area contributed by atoms with Crippen LogP contribution in [0.3, 0.4) is 0 Å². The second kappa shape index (κ2) is 5.83. The van der Waals surface area contributed by atoms with E-state index in [9.17, 15) is 4.39 Å². The Hall–Kier alpha value is -2.55. The molecule has 0 aromatic heterocycles. The van der Waals surface area contributed by atoms with Gasteiger partial charge in [0.2, 0.25) is 0 Å². The maximum absolute atomic E-state index is 13.2. The molecule has 0 atom stereocenters. The second-order valence-electron chi connectivity index (χ2n) is 4.92. The fourth-order valence-electron chi connectivity index (χ4n) is 2.41. The molecule has 3 aromatic carbocycles. The Kier molecular flexibility index (Phi) is 3.73. The maximum Gasteiger partial charge on any atom is 0.145 e. The van der Waals surface area contributed by atoms with Gasteiger partial charge in [0.1, 0.15) is 11.6 Å². The van der Waals surface area contributed by atoms with Crippen molar-refractivity contribution >= 4 is 16.5 Å². The second-order valence-corrected chi connectivity index (χ2v) is 4.92. The maximum atomic E-state index is 13.2. The van der Waals surface area contributed by atoms with Crippen LogP contribution in [0.25, 0.3) is 10.8 Å². The molecule has 106 valence electrons. The van der Waals surface area contributed by atoms with Gasteiger partial charge in [-0.15, -0.1) is 0 Å². The van der Waals surface area contributed by atoms with Gasteiger partial charge in [0.15, 0.2) is 0 Å². The van der Waals surface area contributed by atoms with Crippen LogP contribution >= 0.6 is 0 Å². The van der Waals surface area contributed by atoms with Crippen molar-refractivity contribution in [1.29, 1.82) is 0 Å². The fourth-order valence-corrected chi connectivity index (χ4v) is 2.41. The van der Waals surface area contributed by atoms with Crippen LogP contribution in [0.4, 0.5) is 10.1 Å². The van der Waals surface area contributed by atoms with Crippen molar-refractivity contribution in [3.8, 4) is 5.75 Å². The third-order valence-electron chi connectivity index (χ3n) is 3.48. The highest BCUT2D eigenvalue weighted by atomic mass is 19.1. The molecule has 0 heterocycles. The Morgan fingerprint density at radius 2 is 1.76 bits per heavy atom. The molecule has 0 aliphatic carbocycles. The average Bonchev–Trinajstić information content (AvgIpc) is 2.51. The third-order valence-corrected chi connectivity index (χ3v) is 3.48. The predicted octanol–water partition coefficient (Wildman–Crippen LogP) is 4.18. The quantitative estimate of drug-likeness (QED) is 0.728. The summed E-state index contributed by atoms with van der Waals surface area (Å²) in [6, 6.07) is 18.6. The van der Waals surface area contributed by atoms with E-state index in [0.717, 1.165) is 6.42 Å². The van der Waals surface area contributed by atoms with E-state index in [1.807, 2.05) is 18.2 Å². The Morgan fingerprint density at radius 1 is 0.952 bits per heavy atom. The third kappa shape index (κ3) is 2.97. The number of halogens is 1. The normalized spacial score (nSPS) is 10.7. The fraction of sp³-hybridized carbons (Fsp3) is 0.111. The number of nitrogen functional groups attached to an aromatic ring is 1. The molecule has 0 aliphatic rings. The molecule has 0 saturated heterocycles. The molecule has 0 spiro atoms. The number of nitrogens with two attached hydrogens (primary N) is 1. The van der Waals surface area contributed by atoms with Crippen molar-refractivity contribution < 1.29 is 9.13 Å². The van der Waals surface area contributed by atoms with E-state index in [1.165, 1.54) is 34.5 Å². The Balaban J connectivity index is 1.74. The number of rotatable bonds is 4. The number of benzene rings is 3. The van der Waals surface area contributed by atoms with Crippen LogP contribution in [0, 0.1) is 5.82 Å². The van der Waals surface area contributed by atoms with E-state index in [0.29, 0.717) is 18.0 Å². The van der Waals surface area contributed by atoms with E-state index in [4.69, 9.17) is 10.5 Å². The summed E-state index contributed by atoms with van der Waals surface area (Å²) >= 11 is 0. The van der Waals surface area contributed by atoms with Gasteiger partial charge in [-0.2, -0.15) is 0 Å². The lowest BCUT2D eigenvalue weighted by Crippen LogP contribution is -2.04. The van der Waals surface area contributed by atoms with Gasteiger partial charge in [-0.05, 0) is 28.5 Å². The van der Waals surface area contributed by atoms with Crippen LogP contribution in [-0.4, -0.2) is 6.61 Å². The Labute approximate surface area is 123 Å². The minimum atomic E-state index is -0.343. The highest BCUT2D eigenvalue weighted by molar-refractivity contribution is 5.85. The summed E-state index contributed by atoms with van der Waals surface area (Å²) in [6.45, 7) is 0.460. The van der Waals surface area contributed by atoms with Crippen LogP contribution in [0.2, 0.25) is 0 Å². The van der Waals surface area contributed by atoms with E-state index < -0.39 is 0 Å². The molecule has 0 radical (unpaired) electrons. The van der Waals surface area contributed by atoms with E-state index in [2.05, 4.69) is 24.3 Å². The standard InChI is InChI=1S/C18H16FNO/c19-15-8-9-17(20)18(12-15)21-11-10-14-6-3-5-13-4-1-2-7-16(13)14/h1-9,12H,10-11,20H2. The molecule has 2 N–H and O–H groups in total. The zero-order chi connectivity index (χ0) is 14.7. The molecule has 0 aliphatic heterocycles. The van der Waals surface area contributed by atoms with Crippen molar-refractivity contribution in [1.82, 2.24) is 0 Å². The van der Waals surface area contributed by atoms with Crippen LogP contribution in [0.5, 0.6) is 5.75 Å². The Bertz CT molecular complexity index is 765. The summed E-state index contributed by atoms with van der Waals surface area (Å²) < 4.78 is 18.8. The minimum absolute atomic E-state index is 0.343. The topological polar surface area (TPSA) is 35.2 Å². The highest BCUT2D eigenvalue weighted by Crippen LogP contribution is 2.23. The van der Waals surface area contributed by atoms with Crippen molar-refractivity contribution in [2.75, 3.05) is 12.3 Å². The van der Waals surface area contributed by atoms with Crippen LogP contribution < -0.4 is 10.5 Å². The summed E-state index contributed by atoms with van der Waals surface area (Å²) in [7, 11) is 0. The van der Waals surface area contributed by atoms with Crippen LogP contribution in [0.15, 0.2) is 60.7 Å². The number of fused-ring (bicyclic) bond motifs is 1. The van der Waals surface area contributed by atoms with E-state index >= 15 is 0 Å². The number of hydrogen-bond donors (Lipinski definition) is 1. The van der Waals surface area contributed by atoms with Crippen molar-refractivity contribution in [3.05, 3.63) is 72.0 Å². The first kappa shape index (κ1) is 13.4. The molecule has 2 nitrogen and oxygen atoms in total. The molecular weight excluding hydrogens is 265 g/mol. The number of anilines is 1. The zero-order valence-corrected chi connectivity index (χ0v) is 11.6. The largest absolute Gasteiger partial charge is 0.491 e. The summed E-state index contributed by atoms with van der Waals surface area (Å²) in [4.78, 5) is 0. The summed E-state index contributed by atoms with van der Waals surface area (Å²) in [5.41, 5.74) is 7.43. The average molecular weight is 281 g/mol. The molecule has 21 heavy (non-hydrogen) atoms. The molecule has 0 unspecified atom stereocenters. The predicted molar refractivity (Wildman–Crippen MR) is 84.0 cm³/mol. The SMILES string of the molecule is Nc1ccc(F)cc1OCCc1cccc2ccccc12. The molecule has 0 amide bonds. The summed E-state index contributed by atoms with van der Waals surface area (Å²) in [5.74, 6) is 0.0552. The molecular formula is C18H16FNO. The van der Waals surface area contributed by atoms with Gasteiger partial charge in [0, 0.05) is 12.5 Å². The van der Waals surface area contributed by atoms with Gasteiger partial charge < -0.3 is 10.5 Å². The van der Waals surface area contributed by atoms with Crippen LogP contribution in [0.1, 0.15) is 5.56 Å². The van der Waals surface area contributed by atoms with Gasteiger partial charge in [-0.25, -0.2) is 4.39 Å². The summed E-state index contributed by atoms with van der Waals surface area (Å²) in [5, 5.41) is 2.43. The lowest BCUT2D eigenvalue weighted by Gasteiger charge is -2.10. The number of hydrogen-bond acceptors (Lipinski definition) is 2. The van der Waals surface area contributed by atoms with Crippen molar-refractivity contribution in [3.63, 3.8) is 0 Å². The van der Waals surface area contributed by atoms with E-state index in [-0.39, 0.29) is 5.82 Å². The first-order valence-corrected chi connectivity index (χ1v) is 6.88. The molecule has 0 bridgehead atoms. The molecule has 0 fully saturated rings. The molecule has 3 aromatic rings. The molecule has 0 saturated carbocycles. The highest BCUT2D eigenvalue weighted by Gasteiger charge is 2.04. The minimum Gasteiger partial charge on any atom is -0.491 e. The van der Waals surface area contributed by atoms with Gasteiger partial charge in [-0.1, -0.05) is 42.5 Å². The lowest BCUT2D eigenvalue weighted by atomic mass is 10.0. The molecule has 3 rings (SSSR count). The van der Waals surface area contributed by atoms with E-state index in [1.54, 1.807) is 0 Å². The van der Waals surface area contributed by atoms with Crippen molar-refractivity contribution in [2.45, 2.75) is 6.42 Å². The Morgan fingerprint density at radius 3 is 2.67 bits per heavy atom. The smallest absolute Gasteiger partial charge is 0.145 e. The van der Waals surface area contributed by atoms with Gasteiger partial charge >= 0.3 is 0 Å². The van der Waals surface area contributed by atoms with Gasteiger partial charge in [0.05, 0.1) is 12.3 Å².